The molecule has 1 atom stereocenters. The van der Waals surface area contributed by atoms with Gasteiger partial charge in [0.1, 0.15) is 5.56 Å². The normalized spacial score (nSPS) is 17.3. The second kappa shape index (κ2) is 5.19. The SMILES string of the molecule is Cc1nn2cccnc2c1C(=O)N1CC(C)Cc2ccccc21. The van der Waals surface area contributed by atoms with Gasteiger partial charge < -0.3 is 4.90 Å². The van der Waals surface area contributed by atoms with Crippen molar-refractivity contribution in [2.24, 2.45) is 5.92 Å². The number of anilines is 1. The van der Waals surface area contributed by atoms with Crippen molar-refractivity contribution in [1.82, 2.24) is 14.6 Å². The summed E-state index contributed by atoms with van der Waals surface area (Å²) in [6.07, 6.45) is 4.52. The van der Waals surface area contributed by atoms with E-state index in [1.165, 1.54) is 5.56 Å². The van der Waals surface area contributed by atoms with E-state index in [1.807, 2.05) is 42.3 Å². The van der Waals surface area contributed by atoms with Gasteiger partial charge >= 0.3 is 0 Å². The van der Waals surface area contributed by atoms with Crippen molar-refractivity contribution >= 4 is 17.2 Å². The first kappa shape index (κ1) is 13.9. The topological polar surface area (TPSA) is 50.5 Å². The predicted molar refractivity (Wildman–Crippen MR) is 88.7 cm³/mol. The van der Waals surface area contributed by atoms with Crippen LogP contribution >= 0.6 is 0 Å². The molecule has 2 aromatic heterocycles. The molecule has 0 N–H and O–H groups in total. The van der Waals surface area contributed by atoms with Crippen molar-refractivity contribution in [3.8, 4) is 0 Å². The van der Waals surface area contributed by atoms with E-state index in [-0.39, 0.29) is 5.91 Å². The molecule has 1 aliphatic heterocycles. The lowest BCUT2D eigenvalue weighted by Crippen LogP contribution is -2.39. The number of carbonyl (C=O) groups excluding carboxylic acids is 1. The fourth-order valence-electron chi connectivity index (χ4n) is 3.37. The molecule has 0 bridgehead atoms. The van der Waals surface area contributed by atoms with Gasteiger partial charge in [0, 0.05) is 24.6 Å². The van der Waals surface area contributed by atoms with Crippen molar-refractivity contribution in [3.05, 3.63) is 59.5 Å². The van der Waals surface area contributed by atoms with Gasteiger partial charge in [0.05, 0.1) is 5.69 Å². The van der Waals surface area contributed by atoms with Crippen LogP contribution in [0.3, 0.4) is 0 Å². The standard InChI is InChI=1S/C18H18N4O/c1-12-10-14-6-3-4-7-15(14)21(11-12)18(23)16-13(2)20-22-9-5-8-19-17(16)22/h3-9,12H,10-11H2,1-2H3. The van der Waals surface area contributed by atoms with Crippen LogP contribution in [0, 0.1) is 12.8 Å². The minimum Gasteiger partial charge on any atom is -0.308 e. The van der Waals surface area contributed by atoms with Crippen molar-refractivity contribution in [2.45, 2.75) is 20.3 Å². The molecule has 1 amide bonds. The maximum atomic E-state index is 13.2. The Morgan fingerprint density at radius 2 is 2.09 bits per heavy atom. The summed E-state index contributed by atoms with van der Waals surface area (Å²) in [4.78, 5) is 19.5. The van der Waals surface area contributed by atoms with Crippen molar-refractivity contribution in [2.75, 3.05) is 11.4 Å². The number of carbonyl (C=O) groups is 1. The molecule has 3 heterocycles. The van der Waals surface area contributed by atoms with Gasteiger partial charge in [-0.25, -0.2) is 9.50 Å². The van der Waals surface area contributed by atoms with Crippen LogP contribution in [-0.2, 0) is 6.42 Å². The Morgan fingerprint density at radius 1 is 1.26 bits per heavy atom. The number of rotatable bonds is 1. The number of nitrogens with zero attached hydrogens (tertiary/aromatic N) is 4. The molecule has 5 nitrogen and oxygen atoms in total. The van der Waals surface area contributed by atoms with Crippen molar-refractivity contribution in [1.29, 1.82) is 0 Å². The third-order valence-electron chi connectivity index (χ3n) is 4.37. The maximum Gasteiger partial charge on any atom is 0.264 e. The molecule has 1 aliphatic rings. The monoisotopic (exact) mass is 306 g/mol. The predicted octanol–water partition coefficient (Wildman–Crippen LogP) is 2.88. The molecule has 23 heavy (non-hydrogen) atoms. The van der Waals surface area contributed by atoms with Crippen LogP contribution in [0.4, 0.5) is 5.69 Å². The van der Waals surface area contributed by atoms with E-state index in [4.69, 9.17) is 0 Å². The number of hydrogen-bond acceptors (Lipinski definition) is 3. The molecule has 1 unspecified atom stereocenters. The molecule has 0 aliphatic carbocycles. The lowest BCUT2D eigenvalue weighted by Gasteiger charge is -2.33. The van der Waals surface area contributed by atoms with E-state index in [0.717, 1.165) is 18.7 Å². The van der Waals surface area contributed by atoms with E-state index in [9.17, 15) is 4.79 Å². The highest BCUT2D eigenvalue weighted by molar-refractivity contribution is 6.11. The summed E-state index contributed by atoms with van der Waals surface area (Å²) in [6.45, 7) is 4.76. The Kier molecular flexibility index (Phi) is 3.15. The maximum absolute atomic E-state index is 13.2. The number of para-hydroxylation sites is 1. The van der Waals surface area contributed by atoms with E-state index < -0.39 is 0 Å². The first-order valence-electron chi connectivity index (χ1n) is 7.85. The summed E-state index contributed by atoms with van der Waals surface area (Å²) in [5, 5.41) is 4.41. The fraction of sp³-hybridized carbons (Fsp3) is 0.278. The van der Waals surface area contributed by atoms with E-state index in [1.54, 1.807) is 10.7 Å². The van der Waals surface area contributed by atoms with Crippen LogP contribution < -0.4 is 4.90 Å². The summed E-state index contributed by atoms with van der Waals surface area (Å²) in [5.74, 6) is 0.416. The molecule has 4 rings (SSSR count). The molecule has 0 radical (unpaired) electrons. The zero-order valence-corrected chi connectivity index (χ0v) is 13.2. The van der Waals surface area contributed by atoms with E-state index in [0.29, 0.717) is 22.8 Å². The minimum absolute atomic E-state index is 0.0183. The first-order chi connectivity index (χ1) is 11.1. The van der Waals surface area contributed by atoms with Crippen LogP contribution in [0.1, 0.15) is 28.5 Å². The Balaban J connectivity index is 1.84. The lowest BCUT2D eigenvalue weighted by atomic mass is 9.93. The highest BCUT2D eigenvalue weighted by Gasteiger charge is 2.30. The van der Waals surface area contributed by atoms with Gasteiger partial charge in [-0.3, -0.25) is 4.79 Å². The summed E-state index contributed by atoms with van der Waals surface area (Å²) in [5.41, 5.74) is 4.15. The van der Waals surface area contributed by atoms with Crippen LogP contribution in [0.15, 0.2) is 42.7 Å². The largest absolute Gasteiger partial charge is 0.308 e. The molecule has 0 saturated carbocycles. The van der Waals surface area contributed by atoms with Crippen LogP contribution in [0.2, 0.25) is 0 Å². The summed E-state index contributed by atoms with van der Waals surface area (Å²) < 4.78 is 1.67. The lowest BCUT2D eigenvalue weighted by molar-refractivity contribution is 0.0982. The number of fused-ring (bicyclic) bond motifs is 2. The van der Waals surface area contributed by atoms with Crippen LogP contribution in [-0.4, -0.2) is 27.0 Å². The number of amides is 1. The third kappa shape index (κ3) is 2.20. The molecule has 5 heteroatoms. The summed E-state index contributed by atoms with van der Waals surface area (Å²) in [7, 11) is 0. The summed E-state index contributed by atoms with van der Waals surface area (Å²) in [6, 6.07) is 9.95. The zero-order chi connectivity index (χ0) is 16.0. The average molecular weight is 306 g/mol. The van der Waals surface area contributed by atoms with E-state index >= 15 is 0 Å². The Morgan fingerprint density at radius 3 is 2.96 bits per heavy atom. The van der Waals surface area contributed by atoms with Gasteiger partial charge in [-0.05, 0) is 37.0 Å². The van der Waals surface area contributed by atoms with E-state index in [2.05, 4.69) is 23.1 Å². The zero-order valence-electron chi connectivity index (χ0n) is 13.2. The Hall–Kier alpha value is -2.69. The second-order valence-corrected chi connectivity index (χ2v) is 6.20. The highest BCUT2D eigenvalue weighted by Crippen LogP contribution is 2.31. The Labute approximate surface area is 134 Å². The van der Waals surface area contributed by atoms with Gasteiger partial charge in [0.2, 0.25) is 0 Å². The van der Waals surface area contributed by atoms with Crippen LogP contribution in [0.5, 0.6) is 0 Å². The Bertz CT molecular complexity index is 899. The van der Waals surface area contributed by atoms with Crippen molar-refractivity contribution < 1.29 is 4.79 Å². The minimum atomic E-state index is -0.0183. The number of benzene rings is 1. The average Bonchev–Trinajstić information content (AvgIpc) is 2.89. The molecule has 0 spiro atoms. The smallest absolute Gasteiger partial charge is 0.264 e. The number of aryl methyl sites for hydroxylation is 1. The molecule has 0 saturated heterocycles. The van der Waals surface area contributed by atoms with Crippen molar-refractivity contribution in [3.63, 3.8) is 0 Å². The third-order valence-corrected chi connectivity index (χ3v) is 4.37. The van der Waals surface area contributed by atoms with Gasteiger partial charge in [0.15, 0.2) is 5.65 Å². The second-order valence-electron chi connectivity index (χ2n) is 6.20. The quantitative estimate of drug-likeness (QED) is 0.694. The van der Waals surface area contributed by atoms with Gasteiger partial charge in [-0.1, -0.05) is 25.1 Å². The van der Waals surface area contributed by atoms with Gasteiger partial charge in [0.25, 0.3) is 5.91 Å². The van der Waals surface area contributed by atoms with Gasteiger partial charge in [-0.15, -0.1) is 0 Å². The molecule has 3 aromatic rings. The highest BCUT2D eigenvalue weighted by atomic mass is 16.2. The molecule has 0 fully saturated rings. The molecular weight excluding hydrogens is 288 g/mol. The number of hydrogen-bond donors (Lipinski definition) is 0. The van der Waals surface area contributed by atoms with Crippen LogP contribution in [0.25, 0.3) is 5.65 Å². The summed E-state index contributed by atoms with van der Waals surface area (Å²) >= 11 is 0. The fourth-order valence-corrected chi connectivity index (χ4v) is 3.37. The number of aromatic nitrogens is 3. The molecular formula is C18H18N4O. The first-order valence-corrected chi connectivity index (χ1v) is 7.85. The molecule has 1 aromatic carbocycles. The molecule has 116 valence electrons. The van der Waals surface area contributed by atoms with Gasteiger partial charge in [-0.2, -0.15) is 5.10 Å².